The van der Waals surface area contributed by atoms with Gasteiger partial charge in [-0.15, -0.1) is 0 Å². The van der Waals surface area contributed by atoms with Gasteiger partial charge in [-0.1, -0.05) is 30.3 Å². The molecule has 1 aromatic heterocycles. The van der Waals surface area contributed by atoms with Crippen molar-refractivity contribution < 1.29 is 9.15 Å². The Labute approximate surface area is 119 Å². The zero-order valence-corrected chi connectivity index (χ0v) is 11.8. The van der Waals surface area contributed by atoms with E-state index in [0.717, 1.165) is 31.8 Å². The standard InChI is InChI=1S/C17H21NO2/c1-17(10-6-12-20-17)13-18-16(15-9-5-11-19-15)14-7-3-2-4-8-14/h2-5,7-9,11,16,18H,6,10,12-13H2,1H3. The third-order valence-electron chi connectivity index (χ3n) is 3.94. The number of benzene rings is 1. The second-order valence-electron chi connectivity index (χ2n) is 5.64. The molecule has 106 valence electrons. The lowest BCUT2D eigenvalue weighted by molar-refractivity contribution is 0.0191. The van der Waals surface area contributed by atoms with Gasteiger partial charge >= 0.3 is 0 Å². The summed E-state index contributed by atoms with van der Waals surface area (Å²) in [5.74, 6) is 0.942. The van der Waals surface area contributed by atoms with E-state index >= 15 is 0 Å². The molecular weight excluding hydrogens is 250 g/mol. The van der Waals surface area contributed by atoms with Gasteiger partial charge in [0.2, 0.25) is 0 Å². The summed E-state index contributed by atoms with van der Waals surface area (Å²) < 4.78 is 11.4. The maximum absolute atomic E-state index is 5.85. The van der Waals surface area contributed by atoms with Crippen LogP contribution in [0.25, 0.3) is 0 Å². The maximum atomic E-state index is 5.85. The SMILES string of the molecule is CC1(CNC(c2ccccc2)c2ccco2)CCCO1. The van der Waals surface area contributed by atoms with Crippen molar-refractivity contribution >= 4 is 0 Å². The van der Waals surface area contributed by atoms with E-state index < -0.39 is 0 Å². The van der Waals surface area contributed by atoms with Crippen molar-refractivity contribution in [2.24, 2.45) is 0 Å². The van der Waals surface area contributed by atoms with Crippen LogP contribution in [-0.4, -0.2) is 18.8 Å². The van der Waals surface area contributed by atoms with Crippen molar-refractivity contribution in [2.45, 2.75) is 31.4 Å². The first-order chi connectivity index (χ1) is 9.77. The summed E-state index contributed by atoms with van der Waals surface area (Å²) in [4.78, 5) is 0. The zero-order valence-electron chi connectivity index (χ0n) is 11.8. The lowest BCUT2D eigenvalue weighted by atomic mass is 10.00. The third kappa shape index (κ3) is 2.94. The van der Waals surface area contributed by atoms with Gasteiger partial charge in [0.05, 0.1) is 17.9 Å². The number of furan rings is 1. The molecule has 1 aromatic carbocycles. The first-order valence-corrected chi connectivity index (χ1v) is 7.23. The van der Waals surface area contributed by atoms with Crippen LogP contribution in [0.1, 0.15) is 37.1 Å². The number of ether oxygens (including phenoxy) is 1. The Bertz CT molecular complexity index is 515. The highest BCUT2D eigenvalue weighted by Gasteiger charge is 2.31. The van der Waals surface area contributed by atoms with E-state index in [0.29, 0.717) is 0 Å². The molecule has 0 spiro atoms. The third-order valence-corrected chi connectivity index (χ3v) is 3.94. The summed E-state index contributed by atoms with van der Waals surface area (Å²) >= 11 is 0. The molecule has 0 saturated carbocycles. The molecule has 3 heteroatoms. The molecule has 2 heterocycles. The van der Waals surface area contributed by atoms with Crippen LogP contribution in [0.5, 0.6) is 0 Å². The van der Waals surface area contributed by atoms with Crippen molar-refractivity contribution in [3.05, 3.63) is 60.1 Å². The molecule has 0 bridgehead atoms. The van der Waals surface area contributed by atoms with E-state index in [1.165, 1.54) is 5.56 Å². The van der Waals surface area contributed by atoms with Gasteiger partial charge in [0.1, 0.15) is 5.76 Å². The van der Waals surface area contributed by atoms with Crippen LogP contribution in [0, 0.1) is 0 Å². The number of rotatable bonds is 5. The molecule has 1 fully saturated rings. The molecule has 2 aromatic rings. The zero-order chi connectivity index (χ0) is 13.8. The van der Waals surface area contributed by atoms with Crippen molar-refractivity contribution in [3.8, 4) is 0 Å². The Kier molecular flexibility index (Phi) is 3.90. The highest BCUT2D eigenvalue weighted by atomic mass is 16.5. The highest BCUT2D eigenvalue weighted by Crippen LogP contribution is 2.27. The van der Waals surface area contributed by atoms with E-state index in [1.807, 2.05) is 18.2 Å². The molecule has 0 radical (unpaired) electrons. The van der Waals surface area contributed by atoms with Crippen molar-refractivity contribution in [1.82, 2.24) is 5.32 Å². The second-order valence-corrected chi connectivity index (χ2v) is 5.64. The number of hydrogen-bond donors (Lipinski definition) is 1. The number of hydrogen-bond acceptors (Lipinski definition) is 3. The van der Waals surface area contributed by atoms with E-state index in [1.54, 1.807) is 6.26 Å². The summed E-state index contributed by atoms with van der Waals surface area (Å²) in [6.07, 6.45) is 3.98. The van der Waals surface area contributed by atoms with Gasteiger partial charge in [-0.05, 0) is 37.5 Å². The molecule has 1 saturated heterocycles. The highest BCUT2D eigenvalue weighted by molar-refractivity contribution is 5.26. The quantitative estimate of drug-likeness (QED) is 0.903. The minimum atomic E-state index is -0.0559. The van der Waals surface area contributed by atoms with E-state index in [2.05, 4.69) is 36.5 Å². The van der Waals surface area contributed by atoms with Gasteiger partial charge in [-0.25, -0.2) is 0 Å². The van der Waals surface area contributed by atoms with Crippen LogP contribution in [0.15, 0.2) is 53.1 Å². The van der Waals surface area contributed by atoms with Gasteiger partial charge < -0.3 is 14.5 Å². The largest absolute Gasteiger partial charge is 0.467 e. The average molecular weight is 271 g/mol. The molecule has 0 amide bonds. The van der Waals surface area contributed by atoms with Crippen molar-refractivity contribution in [2.75, 3.05) is 13.2 Å². The molecular formula is C17H21NO2. The first-order valence-electron chi connectivity index (χ1n) is 7.23. The van der Waals surface area contributed by atoms with Crippen LogP contribution in [0.4, 0.5) is 0 Å². The van der Waals surface area contributed by atoms with Gasteiger partial charge in [0, 0.05) is 13.2 Å². The summed E-state index contributed by atoms with van der Waals surface area (Å²) in [5, 5.41) is 3.60. The van der Waals surface area contributed by atoms with Crippen LogP contribution in [0.2, 0.25) is 0 Å². The summed E-state index contributed by atoms with van der Waals surface area (Å²) in [7, 11) is 0. The minimum absolute atomic E-state index is 0.0559. The predicted octanol–water partition coefficient (Wildman–Crippen LogP) is 3.53. The van der Waals surface area contributed by atoms with Crippen LogP contribution < -0.4 is 5.32 Å². The molecule has 1 aliphatic heterocycles. The Morgan fingerprint density at radius 3 is 2.70 bits per heavy atom. The fourth-order valence-electron chi connectivity index (χ4n) is 2.78. The van der Waals surface area contributed by atoms with Gasteiger partial charge in [0.25, 0.3) is 0 Å². The topological polar surface area (TPSA) is 34.4 Å². The predicted molar refractivity (Wildman–Crippen MR) is 78.6 cm³/mol. The van der Waals surface area contributed by atoms with Crippen LogP contribution in [-0.2, 0) is 4.74 Å². The molecule has 20 heavy (non-hydrogen) atoms. The fraction of sp³-hybridized carbons (Fsp3) is 0.412. The molecule has 3 nitrogen and oxygen atoms in total. The maximum Gasteiger partial charge on any atom is 0.125 e. The molecule has 2 atom stereocenters. The summed E-state index contributed by atoms with van der Waals surface area (Å²) in [5.41, 5.74) is 1.16. The average Bonchev–Trinajstić information content (AvgIpc) is 3.13. The number of nitrogens with one attached hydrogen (secondary N) is 1. The van der Waals surface area contributed by atoms with Gasteiger partial charge in [-0.2, -0.15) is 0 Å². The second kappa shape index (κ2) is 5.81. The van der Waals surface area contributed by atoms with E-state index in [-0.39, 0.29) is 11.6 Å². The molecule has 0 aliphatic carbocycles. The molecule has 1 N–H and O–H groups in total. The smallest absolute Gasteiger partial charge is 0.125 e. The Hall–Kier alpha value is -1.58. The molecule has 1 aliphatic rings. The van der Waals surface area contributed by atoms with E-state index in [9.17, 15) is 0 Å². The Morgan fingerprint density at radius 1 is 1.20 bits per heavy atom. The van der Waals surface area contributed by atoms with Gasteiger partial charge in [0.15, 0.2) is 0 Å². The summed E-state index contributed by atoms with van der Waals surface area (Å²) in [6.45, 7) is 3.87. The fourth-order valence-corrected chi connectivity index (χ4v) is 2.78. The first kappa shape index (κ1) is 13.4. The van der Waals surface area contributed by atoms with Crippen LogP contribution >= 0.6 is 0 Å². The summed E-state index contributed by atoms with van der Waals surface area (Å²) in [6, 6.07) is 14.4. The van der Waals surface area contributed by atoms with E-state index in [4.69, 9.17) is 9.15 Å². The monoisotopic (exact) mass is 271 g/mol. The van der Waals surface area contributed by atoms with Crippen LogP contribution in [0.3, 0.4) is 0 Å². The van der Waals surface area contributed by atoms with Crippen molar-refractivity contribution in [1.29, 1.82) is 0 Å². The van der Waals surface area contributed by atoms with Gasteiger partial charge in [-0.3, -0.25) is 0 Å². The molecule has 2 unspecified atom stereocenters. The minimum Gasteiger partial charge on any atom is -0.467 e. The molecule has 3 rings (SSSR count). The Morgan fingerprint density at radius 2 is 2.05 bits per heavy atom. The van der Waals surface area contributed by atoms with Crippen molar-refractivity contribution in [3.63, 3.8) is 0 Å². The lowest BCUT2D eigenvalue weighted by Crippen LogP contribution is -2.39. The Balaban J connectivity index is 1.76. The lowest BCUT2D eigenvalue weighted by Gasteiger charge is -2.27. The normalized spacial score (nSPS) is 23.9.